The highest BCUT2D eigenvalue weighted by molar-refractivity contribution is 5.91. The van der Waals surface area contributed by atoms with Crippen molar-refractivity contribution in [1.82, 2.24) is 5.32 Å². The Morgan fingerprint density at radius 2 is 2.17 bits per heavy atom. The second-order valence-electron chi connectivity index (χ2n) is 5.70. The van der Waals surface area contributed by atoms with Gasteiger partial charge in [0.05, 0.1) is 18.6 Å². The van der Waals surface area contributed by atoms with Crippen LogP contribution in [0.5, 0.6) is 5.75 Å². The Hall–Kier alpha value is -2.47. The van der Waals surface area contributed by atoms with Crippen molar-refractivity contribution in [2.45, 2.75) is 39.3 Å². The van der Waals surface area contributed by atoms with Gasteiger partial charge in [-0.05, 0) is 50.6 Å². The zero-order chi connectivity index (χ0) is 17.5. The molecule has 2 amide bonds. The molecule has 0 saturated carbocycles. The molecule has 0 spiro atoms. The summed E-state index contributed by atoms with van der Waals surface area (Å²) in [6.45, 7) is 6.20. The summed E-state index contributed by atoms with van der Waals surface area (Å²) in [7, 11) is 0. The minimum atomic E-state index is -0.756. The largest absolute Gasteiger partial charge is 0.492 e. The number of aliphatic hydroxyl groups is 1. The normalized spacial score (nSPS) is 13.2. The Morgan fingerprint density at radius 1 is 1.38 bits per heavy atom. The molecule has 3 N–H and O–H groups in total. The number of hydrogen-bond acceptors (Lipinski definition) is 4. The number of amides is 2. The lowest BCUT2D eigenvalue weighted by Gasteiger charge is -2.18. The number of carbonyl (C=O) groups is 1. The highest BCUT2D eigenvalue weighted by Crippen LogP contribution is 2.26. The van der Waals surface area contributed by atoms with Gasteiger partial charge in [0.1, 0.15) is 17.6 Å². The van der Waals surface area contributed by atoms with E-state index in [1.54, 1.807) is 12.1 Å². The SMILES string of the molecule is CCOc1cc(C)ccc1NC(=O)NC(C)CC(O)c1ccco1. The first kappa shape index (κ1) is 17.9. The van der Waals surface area contributed by atoms with Crippen molar-refractivity contribution in [1.29, 1.82) is 0 Å². The van der Waals surface area contributed by atoms with E-state index < -0.39 is 6.10 Å². The van der Waals surface area contributed by atoms with E-state index in [2.05, 4.69) is 10.6 Å². The van der Waals surface area contributed by atoms with Crippen molar-refractivity contribution in [3.8, 4) is 5.75 Å². The average Bonchev–Trinajstić information content (AvgIpc) is 3.04. The van der Waals surface area contributed by atoms with Crippen molar-refractivity contribution < 1.29 is 19.1 Å². The van der Waals surface area contributed by atoms with Gasteiger partial charge in [0.25, 0.3) is 0 Å². The molecule has 1 heterocycles. The minimum Gasteiger partial charge on any atom is -0.492 e. The molecule has 130 valence electrons. The molecule has 0 aliphatic rings. The minimum absolute atomic E-state index is 0.230. The van der Waals surface area contributed by atoms with Gasteiger partial charge in [-0.2, -0.15) is 0 Å². The fourth-order valence-corrected chi connectivity index (χ4v) is 2.38. The number of nitrogens with one attached hydrogen (secondary N) is 2. The summed E-state index contributed by atoms with van der Waals surface area (Å²) in [6, 6.07) is 8.44. The number of rotatable bonds is 7. The van der Waals surface area contributed by atoms with Crippen molar-refractivity contribution in [2.75, 3.05) is 11.9 Å². The van der Waals surface area contributed by atoms with Crippen LogP contribution in [-0.4, -0.2) is 23.8 Å². The smallest absolute Gasteiger partial charge is 0.319 e. The Labute approximate surface area is 141 Å². The summed E-state index contributed by atoms with van der Waals surface area (Å²) in [5.74, 6) is 1.12. The van der Waals surface area contributed by atoms with Crippen LogP contribution in [0.4, 0.5) is 10.5 Å². The first-order valence-corrected chi connectivity index (χ1v) is 8.02. The molecule has 2 unspecified atom stereocenters. The number of anilines is 1. The number of hydrogen-bond donors (Lipinski definition) is 3. The van der Waals surface area contributed by atoms with E-state index in [9.17, 15) is 9.90 Å². The molecule has 2 atom stereocenters. The third-order valence-corrected chi connectivity index (χ3v) is 3.51. The first-order chi connectivity index (χ1) is 11.5. The molecule has 2 aromatic rings. The fourth-order valence-electron chi connectivity index (χ4n) is 2.38. The van der Waals surface area contributed by atoms with E-state index in [4.69, 9.17) is 9.15 Å². The summed E-state index contributed by atoms with van der Waals surface area (Å²) in [5.41, 5.74) is 1.66. The molecule has 0 fully saturated rings. The molecule has 0 bridgehead atoms. The predicted molar refractivity (Wildman–Crippen MR) is 92.2 cm³/mol. The van der Waals surface area contributed by atoms with E-state index in [1.807, 2.05) is 39.0 Å². The monoisotopic (exact) mass is 332 g/mol. The van der Waals surface area contributed by atoms with Gasteiger partial charge in [0.2, 0.25) is 0 Å². The average molecular weight is 332 g/mol. The number of aliphatic hydroxyl groups excluding tert-OH is 1. The number of urea groups is 1. The quantitative estimate of drug-likeness (QED) is 0.723. The Kier molecular flexibility index (Phi) is 6.26. The van der Waals surface area contributed by atoms with E-state index in [0.29, 0.717) is 30.2 Å². The maximum absolute atomic E-state index is 12.1. The third-order valence-electron chi connectivity index (χ3n) is 3.51. The number of furan rings is 1. The molecule has 0 aliphatic heterocycles. The predicted octanol–water partition coefficient (Wildman–Crippen LogP) is 3.62. The lowest BCUT2D eigenvalue weighted by Crippen LogP contribution is -2.37. The van der Waals surface area contributed by atoms with Crippen LogP contribution >= 0.6 is 0 Å². The second kappa shape index (κ2) is 8.40. The highest BCUT2D eigenvalue weighted by atomic mass is 16.5. The lowest BCUT2D eigenvalue weighted by molar-refractivity contribution is 0.130. The number of benzene rings is 1. The van der Waals surface area contributed by atoms with Gasteiger partial charge in [-0.25, -0.2) is 4.79 Å². The van der Waals surface area contributed by atoms with Crippen molar-refractivity contribution >= 4 is 11.7 Å². The summed E-state index contributed by atoms with van der Waals surface area (Å²) in [6.07, 6.45) is 1.11. The Balaban J connectivity index is 1.90. The van der Waals surface area contributed by atoms with Crippen LogP contribution in [0.25, 0.3) is 0 Å². The van der Waals surface area contributed by atoms with Gasteiger partial charge in [-0.1, -0.05) is 6.07 Å². The van der Waals surface area contributed by atoms with Gasteiger partial charge in [-0.3, -0.25) is 0 Å². The highest BCUT2D eigenvalue weighted by Gasteiger charge is 2.17. The Morgan fingerprint density at radius 3 is 2.83 bits per heavy atom. The summed E-state index contributed by atoms with van der Waals surface area (Å²) >= 11 is 0. The van der Waals surface area contributed by atoms with Gasteiger partial charge < -0.3 is 24.9 Å². The summed E-state index contributed by atoms with van der Waals surface area (Å²) in [4.78, 5) is 12.1. The molecule has 6 nitrogen and oxygen atoms in total. The van der Waals surface area contributed by atoms with Crippen LogP contribution in [0.1, 0.15) is 37.7 Å². The molecule has 0 saturated heterocycles. The van der Waals surface area contributed by atoms with Crippen LogP contribution < -0.4 is 15.4 Å². The van der Waals surface area contributed by atoms with Gasteiger partial charge in [-0.15, -0.1) is 0 Å². The van der Waals surface area contributed by atoms with Gasteiger partial charge >= 0.3 is 6.03 Å². The number of aryl methyl sites for hydroxylation is 1. The number of ether oxygens (including phenoxy) is 1. The maximum atomic E-state index is 12.1. The molecular weight excluding hydrogens is 308 g/mol. The van der Waals surface area contributed by atoms with Crippen LogP contribution in [0.2, 0.25) is 0 Å². The van der Waals surface area contributed by atoms with Gasteiger partial charge in [0, 0.05) is 12.5 Å². The van der Waals surface area contributed by atoms with Crippen LogP contribution in [0.15, 0.2) is 41.0 Å². The molecule has 0 radical (unpaired) electrons. The molecule has 1 aromatic carbocycles. The molecular formula is C18H24N2O4. The third kappa shape index (κ3) is 5.03. The summed E-state index contributed by atoms with van der Waals surface area (Å²) in [5, 5.41) is 15.6. The van der Waals surface area contributed by atoms with Crippen LogP contribution in [0.3, 0.4) is 0 Å². The second-order valence-corrected chi connectivity index (χ2v) is 5.70. The van der Waals surface area contributed by atoms with E-state index >= 15 is 0 Å². The topological polar surface area (TPSA) is 83.7 Å². The zero-order valence-electron chi connectivity index (χ0n) is 14.2. The van der Waals surface area contributed by atoms with Crippen molar-refractivity contribution in [3.63, 3.8) is 0 Å². The summed E-state index contributed by atoms with van der Waals surface area (Å²) < 4.78 is 10.7. The standard InChI is InChI=1S/C18H24N2O4/c1-4-23-17-10-12(2)7-8-14(17)20-18(22)19-13(3)11-15(21)16-6-5-9-24-16/h5-10,13,15,21H,4,11H2,1-3H3,(H2,19,20,22). The maximum Gasteiger partial charge on any atom is 0.319 e. The van der Waals surface area contributed by atoms with E-state index in [1.165, 1.54) is 6.26 Å². The molecule has 2 rings (SSSR count). The first-order valence-electron chi connectivity index (χ1n) is 8.02. The van der Waals surface area contributed by atoms with Gasteiger partial charge in [0.15, 0.2) is 0 Å². The van der Waals surface area contributed by atoms with Crippen LogP contribution in [-0.2, 0) is 0 Å². The van der Waals surface area contributed by atoms with Crippen molar-refractivity contribution in [3.05, 3.63) is 47.9 Å². The fraction of sp³-hybridized carbons (Fsp3) is 0.389. The van der Waals surface area contributed by atoms with E-state index in [0.717, 1.165) is 5.56 Å². The van der Waals surface area contributed by atoms with Crippen LogP contribution in [0, 0.1) is 6.92 Å². The molecule has 1 aromatic heterocycles. The Bertz CT molecular complexity index is 655. The molecule has 24 heavy (non-hydrogen) atoms. The number of carbonyl (C=O) groups excluding carboxylic acids is 1. The lowest BCUT2D eigenvalue weighted by atomic mass is 10.1. The van der Waals surface area contributed by atoms with E-state index in [-0.39, 0.29) is 12.1 Å². The molecule has 6 heteroatoms. The zero-order valence-corrected chi connectivity index (χ0v) is 14.2. The van der Waals surface area contributed by atoms with Crippen molar-refractivity contribution in [2.24, 2.45) is 0 Å². The molecule has 0 aliphatic carbocycles.